The molecule has 39 heavy (non-hydrogen) atoms. The number of nitrogens with one attached hydrogen (secondary N) is 1. The van der Waals surface area contributed by atoms with E-state index in [9.17, 15) is 4.79 Å². The highest BCUT2D eigenvalue weighted by molar-refractivity contribution is 6.29. The van der Waals surface area contributed by atoms with Gasteiger partial charge in [0.2, 0.25) is 0 Å². The average Bonchev–Trinajstić information content (AvgIpc) is 3.44. The largest absolute Gasteiger partial charge is 0.444 e. The summed E-state index contributed by atoms with van der Waals surface area (Å²) in [7, 11) is 0. The van der Waals surface area contributed by atoms with E-state index in [1.54, 1.807) is 6.20 Å². The molecule has 1 unspecified atom stereocenters. The first-order valence-electron chi connectivity index (χ1n) is 13.2. The number of hydrogen-bond acceptors (Lipinski definition) is 6. The number of alkyl carbamates (subject to hydrolysis) is 1. The van der Waals surface area contributed by atoms with E-state index in [1.807, 2.05) is 68.4 Å². The van der Waals surface area contributed by atoms with E-state index in [0.29, 0.717) is 37.3 Å². The summed E-state index contributed by atoms with van der Waals surface area (Å²) in [6, 6.07) is 7.61. The molecule has 1 aromatic carbocycles. The molecule has 0 saturated heterocycles. The van der Waals surface area contributed by atoms with E-state index in [4.69, 9.17) is 21.1 Å². The number of nitrogens with zero attached hydrogens (tertiary/aromatic N) is 5. The maximum absolute atomic E-state index is 12.9. The normalized spacial score (nSPS) is 12.6. The Morgan fingerprint density at radius 2 is 1.95 bits per heavy atom. The van der Waals surface area contributed by atoms with Gasteiger partial charge in [-0.3, -0.25) is 0 Å². The average molecular weight is 553 g/mol. The third-order valence-electron chi connectivity index (χ3n) is 6.00. The number of hydrogen-bond donors (Lipinski definition) is 1. The number of rotatable bonds is 10. The molecule has 1 N–H and O–H groups in total. The summed E-state index contributed by atoms with van der Waals surface area (Å²) >= 11 is 6.21. The Bertz CT molecular complexity index is 1420. The van der Waals surface area contributed by atoms with Crippen molar-refractivity contribution in [2.75, 3.05) is 6.61 Å². The Kier molecular flexibility index (Phi) is 8.92. The number of carbonyl (C=O) groups excluding carboxylic acids is 1. The third kappa shape index (κ3) is 7.80. The molecule has 9 nitrogen and oxygen atoms in total. The lowest BCUT2D eigenvalue weighted by Gasteiger charge is -2.24. The number of imidazole rings is 1. The summed E-state index contributed by atoms with van der Waals surface area (Å²) in [6.07, 6.45) is 6.61. The highest BCUT2D eigenvalue weighted by atomic mass is 35.5. The van der Waals surface area contributed by atoms with Gasteiger partial charge in [0.15, 0.2) is 0 Å². The fraction of sp³-hybridized carbons (Fsp3) is 0.448. The lowest BCUT2D eigenvalue weighted by molar-refractivity contribution is 0.0500. The molecule has 4 aromatic rings. The maximum atomic E-state index is 12.9. The van der Waals surface area contributed by atoms with Crippen molar-refractivity contribution >= 4 is 28.6 Å². The molecule has 208 valence electrons. The van der Waals surface area contributed by atoms with E-state index in [-0.39, 0.29) is 0 Å². The summed E-state index contributed by atoms with van der Waals surface area (Å²) in [6.45, 7) is 13.2. The summed E-state index contributed by atoms with van der Waals surface area (Å²) in [5.41, 5.74) is 4.25. The van der Waals surface area contributed by atoms with Crippen LogP contribution in [0.5, 0.6) is 0 Å². The Labute approximate surface area is 234 Å². The van der Waals surface area contributed by atoms with Crippen LogP contribution < -0.4 is 5.32 Å². The van der Waals surface area contributed by atoms with Gasteiger partial charge in [0.25, 0.3) is 0 Å². The predicted octanol–water partition coefficient (Wildman–Crippen LogP) is 6.14. The van der Waals surface area contributed by atoms with E-state index >= 15 is 0 Å². The van der Waals surface area contributed by atoms with E-state index in [0.717, 1.165) is 39.7 Å². The SMILES string of the molecule is CCCOCn1cc2cc(CC(NC(=O)OC(C)(C)C)c3nccn3Cc3cc(C)nc(Cl)c3)cc(C)c2n1. The number of carbonyl (C=O) groups is 1. The minimum Gasteiger partial charge on any atom is -0.444 e. The number of pyridine rings is 1. The Morgan fingerprint density at radius 3 is 2.67 bits per heavy atom. The first kappa shape index (κ1) is 28.6. The first-order chi connectivity index (χ1) is 18.5. The Hall–Kier alpha value is -3.43. The van der Waals surface area contributed by atoms with Crippen molar-refractivity contribution in [3.05, 3.63) is 76.2 Å². The van der Waals surface area contributed by atoms with Crippen molar-refractivity contribution in [1.82, 2.24) is 29.6 Å². The van der Waals surface area contributed by atoms with E-state index in [1.165, 1.54) is 0 Å². The molecular formula is C29H37ClN6O3. The van der Waals surface area contributed by atoms with Crippen LogP contribution in [0, 0.1) is 13.8 Å². The van der Waals surface area contributed by atoms with Crippen LogP contribution in [0.1, 0.15) is 68.4 Å². The summed E-state index contributed by atoms with van der Waals surface area (Å²) in [4.78, 5) is 21.8. The quantitative estimate of drug-likeness (QED) is 0.187. The minimum atomic E-state index is -0.626. The van der Waals surface area contributed by atoms with Gasteiger partial charge in [0.1, 0.15) is 23.3 Å². The standard InChI is InChI=1S/C29H37ClN6O3/c1-7-10-38-18-36-17-23-13-21(11-19(2)26(23)34-36)14-24(33-28(37)39-29(4,5)6)27-31-8-9-35(27)16-22-12-20(3)32-25(30)15-22/h8-9,11-13,15,17,24H,7,10,14,16,18H2,1-6H3,(H,33,37). The van der Waals surface area contributed by atoms with E-state index in [2.05, 4.69) is 39.4 Å². The second kappa shape index (κ2) is 12.2. The monoisotopic (exact) mass is 552 g/mol. The highest BCUT2D eigenvalue weighted by Gasteiger charge is 2.24. The van der Waals surface area contributed by atoms with Crippen LogP contribution in [0.3, 0.4) is 0 Å². The third-order valence-corrected chi connectivity index (χ3v) is 6.20. The first-order valence-corrected chi connectivity index (χ1v) is 13.6. The number of aromatic nitrogens is 5. The van der Waals surface area contributed by atoms with Crippen molar-refractivity contribution in [3.63, 3.8) is 0 Å². The number of amides is 1. The van der Waals surface area contributed by atoms with Crippen LogP contribution in [0.2, 0.25) is 5.15 Å². The Balaban J connectivity index is 1.64. The van der Waals surface area contributed by atoms with Gasteiger partial charge in [0.05, 0.1) is 11.6 Å². The molecule has 0 aliphatic heterocycles. The van der Waals surface area contributed by atoms with Gasteiger partial charge in [-0.25, -0.2) is 19.4 Å². The molecule has 0 spiro atoms. The zero-order chi connectivity index (χ0) is 28.2. The molecule has 0 saturated carbocycles. The molecule has 0 bridgehead atoms. The molecular weight excluding hydrogens is 516 g/mol. The van der Waals surface area contributed by atoms with Gasteiger partial charge in [-0.15, -0.1) is 0 Å². The second-order valence-corrected chi connectivity index (χ2v) is 11.2. The zero-order valence-electron chi connectivity index (χ0n) is 23.5. The van der Waals surface area contributed by atoms with Gasteiger partial charge in [-0.1, -0.05) is 24.6 Å². The topological polar surface area (TPSA) is 96.1 Å². The van der Waals surface area contributed by atoms with Crippen molar-refractivity contribution < 1.29 is 14.3 Å². The van der Waals surface area contributed by atoms with Gasteiger partial charge in [-0.2, -0.15) is 5.10 Å². The molecule has 0 aliphatic carbocycles. The number of fused-ring (bicyclic) bond motifs is 1. The zero-order valence-corrected chi connectivity index (χ0v) is 24.2. The van der Waals surface area contributed by atoms with Crippen LogP contribution in [-0.4, -0.2) is 42.6 Å². The van der Waals surface area contributed by atoms with Crippen molar-refractivity contribution in [1.29, 1.82) is 0 Å². The number of halogens is 1. The summed E-state index contributed by atoms with van der Waals surface area (Å²) in [5.74, 6) is 0.716. The molecule has 4 rings (SSSR count). The fourth-order valence-electron chi connectivity index (χ4n) is 4.56. The van der Waals surface area contributed by atoms with Gasteiger partial charge in [0, 0.05) is 49.2 Å². The molecule has 3 heterocycles. The lowest BCUT2D eigenvalue weighted by Crippen LogP contribution is -2.37. The Morgan fingerprint density at radius 1 is 1.15 bits per heavy atom. The summed E-state index contributed by atoms with van der Waals surface area (Å²) < 4.78 is 15.1. The maximum Gasteiger partial charge on any atom is 0.408 e. The van der Waals surface area contributed by atoms with Crippen LogP contribution in [0.15, 0.2) is 42.9 Å². The van der Waals surface area contributed by atoms with Crippen molar-refractivity contribution in [2.24, 2.45) is 0 Å². The van der Waals surface area contributed by atoms with Gasteiger partial charge >= 0.3 is 6.09 Å². The van der Waals surface area contributed by atoms with Crippen LogP contribution >= 0.6 is 11.6 Å². The number of benzene rings is 1. The minimum absolute atomic E-state index is 0.413. The van der Waals surface area contributed by atoms with Gasteiger partial charge in [-0.05, 0) is 75.9 Å². The molecule has 0 aliphatic rings. The molecule has 1 atom stereocenters. The van der Waals surface area contributed by atoms with Crippen LogP contribution in [0.25, 0.3) is 10.9 Å². The van der Waals surface area contributed by atoms with E-state index < -0.39 is 17.7 Å². The number of ether oxygens (including phenoxy) is 2. The lowest BCUT2D eigenvalue weighted by atomic mass is 10.0. The smallest absolute Gasteiger partial charge is 0.408 e. The van der Waals surface area contributed by atoms with Gasteiger partial charge < -0.3 is 19.4 Å². The second-order valence-electron chi connectivity index (χ2n) is 10.8. The molecule has 0 radical (unpaired) electrons. The number of aryl methyl sites for hydroxylation is 2. The molecule has 3 aromatic heterocycles. The molecule has 1 amide bonds. The van der Waals surface area contributed by atoms with Crippen LogP contribution in [0.4, 0.5) is 4.79 Å². The van der Waals surface area contributed by atoms with Crippen LogP contribution in [-0.2, 0) is 29.2 Å². The summed E-state index contributed by atoms with van der Waals surface area (Å²) in [5, 5.41) is 9.21. The van der Waals surface area contributed by atoms with Crippen molar-refractivity contribution in [2.45, 2.75) is 79.3 Å². The highest BCUT2D eigenvalue weighted by Crippen LogP contribution is 2.25. The predicted molar refractivity (Wildman–Crippen MR) is 152 cm³/mol. The molecule has 10 heteroatoms. The van der Waals surface area contributed by atoms with Crippen molar-refractivity contribution in [3.8, 4) is 0 Å². The molecule has 0 fully saturated rings. The fourth-order valence-corrected chi connectivity index (χ4v) is 4.84.